The van der Waals surface area contributed by atoms with Gasteiger partial charge in [-0.15, -0.1) is 11.6 Å². The Hall–Kier alpha value is -0.330. The van der Waals surface area contributed by atoms with E-state index < -0.39 is 20.5 Å². The van der Waals surface area contributed by atoms with Crippen molar-refractivity contribution >= 4 is 27.3 Å². The molecule has 1 atom stereocenters. The molecule has 102 valence electrons. The number of halogens is 1. The van der Waals surface area contributed by atoms with E-state index in [1.807, 2.05) is 0 Å². The van der Waals surface area contributed by atoms with Crippen molar-refractivity contribution in [2.75, 3.05) is 25.9 Å². The summed E-state index contributed by atoms with van der Waals surface area (Å²) in [6.07, 6.45) is 1.57. The van der Waals surface area contributed by atoms with Gasteiger partial charge in [0.1, 0.15) is 4.75 Å². The van der Waals surface area contributed by atoms with Gasteiger partial charge in [-0.25, -0.2) is 8.42 Å². The van der Waals surface area contributed by atoms with Crippen LogP contribution in [0, 0.1) is 0 Å². The fourth-order valence-electron chi connectivity index (χ4n) is 1.06. The molecule has 1 amide bonds. The van der Waals surface area contributed by atoms with Crippen LogP contribution in [-0.2, 0) is 19.4 Å². The minimum absolute atomic E-state index is 0.272. The van der Waals surface area contributed by atoms with E-state index in [1.165, 1.54) is 21.0 Å². The Bertz CT molecular complexity index is 347. The van der Waals surface area contributed by atoms with E-state index in [1.54, 1.807) is 0 Å². The number of carbonyl (C=O) groups is 1. The van der Waals surface area contributed by atoms with E-state index in [9.17, 15) is 13.2 Å². The maximum absolute atomic E-state index is 11.9. The van der Waals surface area contributed by atoms with Crippen molar-refractivity contribution in [1.29, 1.82) is 0 Å². The summed E-state index contributed by atoms with van der Waals surface area (Å²) in [4.78, 5) is 11.9. The van der Waals surface area contributed by atoms with Gasteiger partial charge in [0.2, 0.25) is 5.91 Å². The lowest BCUT2D eigenvalue weighted by molar-refractivity contribution is -0.124. The molecular weight excluding hydrogens is 266 g/mol. The molecule has 7 heteroatoms. The van der Waals surface area contributed by atoms with Crippen LogP contribution in [-0.4, -0.2) is 51.0 Å². The van der Waals surface area contributed by atoms with E-state index in [4.69, 9.17) is 16.3 Å². The number of rotatable bonds is 7. The van der Waals surface area contributed by atoms with Crippen LogP contribution in [0.15, 0.2) is 0 Å². The van der Waals surface area contributed by atoms with Crippen molar-refractivity contribution in [1.82, 2.24) is 5.32 Å². The molecule has 0 aromatic carbocycles. The Kier molecular flexibility index (Phi) is 6.43. The molecule has 0 saturated carbocycles. The SMILES string of the molecule is COCC(CCCl)NC(=O)C(C)(C)S(C)(=O)=O. The summed E-state index contributed by atoms with van der Waals surface area (Å²) < 4.78 is 26.4. The molecule has 0 aliphatic heterocycles. The van der Waals surface area contributed by atoms with Crippen LogP contribution in [0.25, 0.3) is 0 Å². The Balaban J connectivity index is 4.71. The van der Waals surface area contributed by atoms with Gasteiger partial charge in [-0.05, 0) is 20.3 Å². The largest absolute Gasteiger partial charge is 0.383 e. The zero-order chi connectivity index (χ0) is 13.7. The fourth-order valence-corrected chi connectivity index (χ4v) is 1.72. The van der Waals surface area contributed by atoms with Gasteiger partial charge in [-0.1, -0.05) is 0 Å². The third kappa shape index (κ3) is 4.81. The molecule has 1 unspecified atom stereocenters. The maximum atomic E-state index is 11.9. The summed E-state index contributed by atoms with van der Waals surface area (Å²) in [7, 11) is -1.95. The number of methoxy groups -OCH3 is 1. The second-order valence-electron chi connectivity index (χ2n) is 4.39. The predicted molar refractivity (Wildman–Crippen MR) is 68.1 cm³/mol. The number of ether oxygens (including phenoxy) is 1. The number of hydrogen-bond acceptors (Lipinski definition) is 4. The highest BCUT2D eigenvalue weighted by atomic mass is 35.5. The van der Waals surface area contributed by atoms with Crippen LogP contribution in [0.4, 0.5) is 0 Å². The van der Waals surface area contributed by atoms with Gasteiger partial charge in [0.25, 0.3) is 0 Å². The van der Waals surface area contributed by atoms with Crippen LogP contribution < -0.4 is 5.32 Å². The second-order valence-corrected chi connectivity index (χ2v) is 7.33. The normalized spacial score (nSPS) is 14.4. The summed E-state index contributed by atoms with van der Waals surface area (Å²) in [5.41, 5.74) is 0. The fraction of sp³-hybridized carbons (Fsp3) is 0.900. The molecule has 0 radical (unpaired) electrons. The Labute approximate surface area is 108 Å². The average molecular weight is 286 g/mol. The van der Waals surface area contributed by atoms with Crippen molar-refractivity contribution in [3.8, 4) is 0 Å². The second kappa shape index (κ2) is 6.56. The first-order valence-electron chi connectivity index (χ1n) is 5.22. The molecule has 0 fully saturated rings. The molecule has 0 aliphatic rings. The van der Waals surface area contributed by atoms with Crippen LogP contribution in [0.1, 0.15) is 20.3 Å². The zero-order valence-corrected chi connectivity index (χ0v) is 12.2. The molecule has 0 aromatic rings. The zero-order valence-electron chi connectivity index (χ0n) is 10.6. The van der Waals surface area contributed by atoms with E-state index in [0.717, 1.165) is 6.26 Å². The molecule has 17 heavy (non-hydrogen) atoms. The Morgan fingerprint density at radius 1 is 1.47 bits per heavy atom. The minimum atomic E-state index is -3.46. The van der Waals surface area contributed by atoms with Gasteiger partial charge in [0, 0.05) is 19.2 Å². The lowest BCUT2D eigenvalue weighted by Gasteiger charge is -2.25. The van der Waals surface area contributed by atoms with Crippen LogP contribution in [0.2, 0.25) is 0 Å². The number of carbonyl (C=O) groups excluding carboxylic acids is 1. The molecule has 0 aliphatic carbocycles. The Morgan fingerprint density at radius 3 is 2.35 bits per heavy atom. The molecule has 0 heterocycles. The average Bonchev–Trinajstić information content (AvgIpc) is 2.16. The molecule has 0 spiro atoms. The molecule has 0 saturated heterocycles. The lowest BCUT2D eigenvalue weighted by atomic mass is 10.1. The van der Waals surface area contributed by atoms with E-state index >= 15 is 0 Å². The molecule has 1 N–H and O–H groups in total. The molecular formula is C10H20ClNO4S. The lowest BCUT2D eigenvalue weighted by Crippen LogP contribution is -2.51. The quantitative estimate of drug-likeness (QED) is 0.694. The number of nitrogens with one attached hydrogen (secondary N) is 1. The van der Waals surface area contributed by atoms with Gasteiger partial charge in [0.15, 0.2) is 9.84 Å². The van der Waals surface area contributed by atoms with Crippen LogP contribution in [0.3, 0.4) is 0 Å². The maximum Gasteiger partial charge on any atom is 0.241 e. The standard InChI is InChI=1S/C10H20ClNO4S/c1-10(2,17(4,14)15)9(13)12-8(5-6-11)7-16-3/h8H,5-7H2,1-4H3,(H,12,13). The number of hydrogen-bond donors (Lipinski definition) is 1. The smallest absolute Gasteiger partial charge is 0.241 e. The Morgan fingerprint density at radius 2 is 2.00 bits per heavy atom. The molecule has 0 rings (SSSR count). The van der Waals surface area contributed by atoms with Crippen LogP contribution in [0.5, 0.6) is 0 Å². The van der Waals surface area contributed by atoms with Crippen molar-refractivity contribution in [2.24, 2.45) is 0 Å². The summed E-state index contributed by atoms with van der Waals surface area (Å²) in [6, 6.07) is -0.272. The van der Waals surface area contributed by atoms with Gasteiger partial charge in [-0.2, -0.15) is 0 Å². The van der Waals surface area contributed by atoms with Crippen LogP contribution >= 0.6 is 11.6 Å². The first-order chi connectivity index (χ1) is 7.66. The van der Waals surface area contributed by atoms with E-state index in [0.29, 0.717) is 18.9 Å². The first-order valence-corrected chi connectivity index (χ1v) is 7.65. The summed E-state index contributed by atoms with van der Waals surface area (Å²) in [6.45, 7) is 3.06. The highest BCUT2D eigenvalue weighted by Gasteiger charge is 2.39. The monoisotopic (exact) mass is 285 g/mol. The van der Waals surface area contributed by atoms with Crippen molar-refractivity contribution in [2.45, 2.75) is 31.1 Å². The highest BCUT2D eigenvalue weighted by Crippen LogP contribution is 2.15. The van der Waals surface area contributed by atoms with Crippen molar-refractivity contribution in [3.63, 3.8) is 0 Å². The third-order valence-electron chi connectivity index (χ3n) is 2.63. The van der Waals surface area contributed by atoms with Gasteiger partial charge in [-0.3, -0.25) is 4.79 Å². The minimum Gasteiger partial charge on any atom is -0.383 e. The molecule has 5 nitrogen and oxygen atoms in total. The van der Waals surface area contributed by atoms with Crippen molar-refractivity contribution < 1.29 is 17.9 Å². The predicted octanol–water partition coefficient (Wildman–Crippen LogP) is 0.570. The highest BCUT2D eigenvalue weighted by molar-refractivity contribution is 7.92. The molecule has 0 aromatic heterocycles. The summed E-state index contributed by atoms with van der Waals surface area (Å²) in [5, 5.41) is 2.64. The third-order valence-corrected chi connectivity index (χ3v) is 4.89. The number of alkyl halides is 1. The van der Waals surface area contributed by atoms with E-state index in [2.05, 4.69) is 5.32 Å². The van der Waals surface area contributed by atoms with E-state index in [-0.39, 0.29) is 6.04 Å². The number of sulfone groups is 1. The number of amides is 1. The van der Waals surface area contributed by atoms with Gasteiger partial charge >= 0.3 is 0 Å². The summed E-state index contributed by atoms with van der Waals surface area (Å²) >= 11 is 5.59. The first kappa shape index (κ1) is 16.7. The molecule has 0 bridgehead atoms. The van der Waals surface area contributed by atoms with Crippen molar-refractivity contribution in [3.05, 3.63) is 0 Å². The van der Waals surface area contributed by atoms with Gasteiger partial charge < -0.3 is 10.1 Å². The topological polar surface area (TPSA) is 72.5 Å². The van der Waals surface area contributed by atoms with Gasteiger partial charge in [0.05, 0.1) is 12.6 Å². The summed E-state index contributed by atoms with van der Waals surface area (Å²) in [5.74, 6) is -0.166.